The molecule has 0 aliphatic heterocycles. The van der Waals surface area contributed by atoms with E-state index in [1.165, 1.54) is 23.3 Å². The largest absolute Gasteiger partial charge is 0.296 e. The topological polar surface area (TPSA) is 26.0 Å². The Morgan fingerprint density at radius 1 is 1.20 bits per heavy atom. The fourth-order valence-electron chi connectivity index (χ4n) is 3.04. The van der Waals surface area contributed by atoms with Gasteiger partial charge in [-0.05, 0) is 48.6 Å². The lowest BCUT2D eigenvalue weighted by Gasteiger charge is -2.20. The van der Waals surface area contributed by atoms with Crippen LogP contribution in [-0.2, 0) is 13.2 Å². The third-order valence-corrected chi connectivity index (χ3v) is 5.83. The zero-order valence-corrected chi connectivity index (χ0v) is 16.0. The average molecular weight is 371 g/mol. The van der Waals surface area contributed by atoms with Gasteiger partial charge in [0.2, 0.25) is 0 Å². The minimum Gasteiger partial charge on any atom is -0.296 e. The van der Waals surface area contributed by atoms with Gasteiger partial charge in [-0.2, -0.15) is 0 Å². The van der Waals surface area contributed by atoms with Crippen molar-refractivity contribution in [3.63, 3.8) is 0 Å². The van der Waals surface area contributed by atoms with E-state index in [-0.39, 0.29) is 0 Å². The Bertz CT molecular complexity index is 876. The van der Waals surface area contributed by atoms with Crippen molar-refractivity contribution >= 4 is 23.6 Å². The summed E-state index contributed by atoms with van der Waals surface area (Å²) in [5.41, 5.74) is 1.32. The number of nitrogens with zero attached hydrogens (tertiary/aromatic N) is 4. The molecular formula is C19H22N4S2. The zero-order chi connectivity index (χ0) is 17.2. The van der Waals surface area contributed by atoms with E-state index in [0.717, 1.165) is 30.4 Å². The van der Waals surface area contributed by atoms with Gasteiger partial charge in [-0.1, -0.05) is 43.3 Å². The molecule has 0 atom stereocenters. The first-order chi connectivity index (χ1) is 12.3. The fourth-order valence-corrected chi connectivity index (χ4v) is 4.08. The van der Waals surface area contributed by atoms with Gasteiger partial charge in [-0.15, -0.1) is 16.4 Å². The van der Waals surface area contributed by atoms with Crippen molar-refractivity contribution in [2.24, 2.45) is 0 Å². The second-order valence-corrected chi connectivity index (χ2v) is 7.77. The van der Waals surface area contributed by atoms with Crippen molar-refractivity contribution in [1.82, 2.24) is 19.2 Å². The maximum absolute atomic E-state index is 5.78. The predicted molar refractivity (Wildman–Crippen MR) is 105 cm³/mol. The van der Waals surface area contributed by atoms with E-state index in [2.05, 4.69) is 64.2 Å². The van der Waals surface area contributed by atoms with Crippen LogP contribution in [0.5, 0.6) is 0 Å². The van der Waals surface area contributed by atoms with E-state index in [4.69, 9.17) is 17.3 Å². The van der Waals surface area contributed by atoms with E-state index >= 15 is 0 Å². The lowest BCUT2D eigenvalue weighted by Crippen LogP contribution is -2.26. The van der Waals surface area contributed by atoms with Crippen LogP contribution in [0.4, 0.5) is 0 Å². The van der Waals surface area contributed by atoms with Crippen LogP contribution in [0.2, 0.25) is 0 Å². The minimum absolute atomic E-state index is 0.530. The summed E-state index contributed by atoms with van der Waals surface area (Å²) in [6, 6.07) is 15.3. The summed E-state index contributed by atoms with van der Waals surface area (Å²) in [6.45, 7) is 4.78. The number of benzene rings is 1. The van der Waals surface area contributed by atoms with Gasteiger partial charge in [0.1, 0.15) is 0 Å². The van der Waals surface area contributed by atoms with Gasteiger partial charge in [-0.25, -0.2) is 4.68 Å². The third-order valence-electron chi connectivity index (χ3n) is 4.55. The van der Waals surface area contributed by atoms with Crippen LogP contribution in [0.15, 0.2) is 47.8 Å². The number of hydrogen-bond acceptors (Lipinski definition) is 4. The maximum Gasteiger partial charge on any atom is 0.199 e. The summed E-state index contributed by atoms with van der Waals surface area (Å²) < 4.78 is 5.10. The highest BCUT2D eigenvalue weighted by atomic mass is 32.1. The average Bonchev–Trinajstić information content (AvgIpc) is 3.21. The van der Waals surface area contributed by atoms with Crippen LogP contribution < -0.4 is 0 Å². The third kappa shape index (κ3) is 3.61. The molecule has 130 valence electrons. The lowest BCUT2D eigenvalue weighted by molar-refractivity contribution is 0.207. The highest BCUT2D eigenvalue weighted by Crippen LogP contribution is 2.39. The number of thiophene rings is 1. The molecule has 0 bridgehead atoms. The molecule has 1 aliphatic rings. The Balaban J connectivity index is 1.61. The smallest absolute Gasteiger partial charge is 0.199 e. The van der Waals surface area contributed by atoms with Gasteiger partial charge < -0.3 is 0 Å². The first-order valence-electron chi connectivity index (χ1n) is 8.75. The highest BCUT2D eigenvalue weighted by Gasteiger charge is 2.29. The molecule has 0 amide bonds. The minimum atomic E-state index is 0.530. The van der Waals surface area contributed by atoms with Gasteiger partial charge >= 0.3 is 0 Å². The molecule has 4 rings (SSSR count). The van der Waals surface area contributed by atoms with Crippen molar-refractivity contribution in [2.75, 3.05) is 6.54 Å². The van der Waals surface area contributed by atoms with E-state index in [0.29, 0.717) is 6.04 Å². The zero-order valence-electron chi connectivity index (χ0n) is 14.3. The first-order valence-corrected chi connectivity index (χ1v) is 10.0. The Hall–Kier alpha value is -1.76. The van der Waals surface area contributed by atoms with Gasteiger partial charge in [0.15, 0.2) is 10.6 Å². The van der Waals surface area contributed by atoms with Crippen LogP contribution in [0.1, 0.15) is 31.4 Å². The van der Waals surface area contributed by atoms with Crippen molar-refractivity contribution < 1.29 is 0 Å². The van der Waals surface area contributed by atoms with Crippen molar-refractivity contribution in [3.05, 3.63) is 58.2 Å². The van der Waals surface area contributed by atoms with E-state index in [9.17, 15) is 0 Å². The second-order valence-electron chi connectivity index (χ2n) is 6.46. The molecule has 1 saturated carbocycles. The van der Waals surface area contributed by atoms with Crippen LogP contribution in [0, 0.1) is 4.77 Å². The standard InChI is InChI=1S/C19H22N4S2/c1-2-21(13-15-7-4-3-5-8-15)14-22-19(24)23(16-10-11-16)18(20-22)17-9-6-12-25-17/h3-9,12,16H,2,10-11,13-14H2,1H3. The van der Waals surface area contributed by atoms with Crippen molar-refractivity contribution in [2.45, 2.75) is 39.0 Å². The Morgan fingerprint density at radius 2 is 2.00 bits per heavy atom. The van der Waals surface area contributed by atoms with Gasteiger partial charge in [0, 0.05) is 12.6 Å². The van der Waals surface area contributed by atoms with Crippen LogP contribution in [0.25, 0.3) is 10.7 Å². The molecule has 6 heteroatoms. The molecule has 1 fully saturated rings. The monoisotopic (exact) mass is 370 g/mol. The number of hydrogen-bond donors (Lipinski definition) is 0. The molecule has 0 spiro atoms. The maximum atomic E-state index is 5.78. The molecule has 0 radical (unpaired) electrons. The van der Waals surface area contributed by atoms with Crippen molar-refractivity contribution in [3.8, 4) is 10.7 Å². The Morgan fingerprint density at radius 3 is 2.64 bits per heavy atom. The molecule has 1 aliphatic carbocycles. The van der Waals surface area contributed by atoms with Gasteiger partial charge in [-0.3, -0.25) is 9.47 Å². The summed E-state index contributed by atoms with van der Waals surface area (Å²) in [5, 5.41) is 6.99. The fraction of sp³-hybridized carbons (Fsp3) is 0.368. The molecule has 2 aromatic heterocycles. The number of rotatable bonds is 7. The summed E-state index contributed by atoms with van der Waals surface area (Å²) in [7, 11) is 0. The lowest BCUT2D eigenvalue weighted by atomic mass is 10.2. The second kappa shape index (κ2) is 7.23. The molecule has 2 heterocycles. The van der Waals surface area contributed by atoms with Crippen LogP contribution in [0.3, 0.4) is 0 Å². The van der Waals surface area contributed by atoms with Gasteiger partial charge in [0.25, 0.3) is 0 Å². The van der Waals surface area contributed by atoms with Gasteiger partial charge in [0.05, 0.1) is 11.5 Å². The molecule has 0 N–H and O–H groups in total. The molecule has 3 aromatic rings. The summed E-state index contributed by atoms with van der Waals surface area (Å²) >= 11 is 7.50. The molecule has 25 heavy (non-hydrogen) atoms. The SMILES string of the molecule is CCN(Cc1ccccc1)Cn1nc(-c2cccs2)n(C2CC2)c1=S. The van der Waals surface area contributed by atoms with Crippen LogP contribution in [-0.4, -0.2) is 25.8 Å². The predicted octanol–water partition coefficient (Wildman–Crippen LogP) is 4.96. The van der Waals surface area contributed by atoms with E-state index in [1.54, 1.807) is 11.3 Å². The normalized spacial score (nSPS) is 14.3. The molecule has 1 aromatic carbocycles. The highest BCUT2D eigenvalue weighted by molar-refractivity contribution is 7.71. The Labute approximate surface area is 157 Å². The Kier molecular flexibility index (Phi) is 4.83. The summed E-state index contributed by atoms with van der Waals surface area (Å²) in [4.78, 5) is 3.57. The summed E-state index contributed by atoms with van der Waals surface area (Å²) in [5.74, 6) is 1.03. The number of aromatic nitrogens is 3. The quantitative estimate of drug-likeness (QED) is 0.550. The molecule has 0 saturated heterocycles. The van der Waals surface area contributed by atoms with E-state index < -0.39 is 0 Å². The van der Waals surface area contributed by atoms with Crippen molar-refractivity contribution in [1.29, 1.82) is 0 Å². The first kappa shape index (κ1) is 16.7. The summed E-state index contributed by atoms with van der Waals surface area (Å²) in [6.07, 6.45) is 2.42. The molecule has 4 nitrogen and oxygen atoms in total. The molecular weight excluding hydrogens is 348 g/mol. The molecule has 0 unspecified atom stereocenters. The van der Waals surface area contributed by atoms with E-state index in [1.807, 2.05) is 4.68 Å². The van der Waals surface area contributed by atoms with Crippen LogP contribution >= 0.6 is 23.6 Å².